The minimum absolute atomic E-state index is 0.871. The summed E-state index contributed by atoms with van der Waals surface area (Å²) in [6.45, 7) is 0. The average Bonchev–Trinajstić information content (AvgIpc) is 3.64. The van der Waals surface area contributed by atoms with Crippen molar-refractivity contribution in [1.82, 2.24) is 0 Å². The van der Waals surface area contributed by atoms with Gasteiger partial charge in [0, 0.05) is 16.6 Å². The second-order valence-corrected chi connectivity index (χ2v) is 13.7. The van der Waals surface area contributed by atoms with Gasteiger partial charge in [0.1, 0.15) is 11.2 Å². The molecule has 2 heteroatoms. The fourth-order valence-electron chi connectivity index (χ4n) is 7.79. The molecule has 0 unspecified atom stereocenters. The van der Waals surface area contributed by atoms with Crippen molar-refractivity contribution in [1.29, 1.82) is 0 Å². The monoisotopic (exact) mass is 689 g/mol. The lowest BCUT2D eigenvalue weighted by Gasteiger charge is -2.28. The van der Waals surface area contributed by atoms with E-state index in [0.717, 1.165) is 44.6 Å². The first-order valence-corrected chi connectivity index (χ1v) is 18.4. The standard InChI is InChI=1S/C52H35NO/c1-2-13-40(14-3-1)46-18-6-8-20-48(46)53(49-21-11-23-51-52(49)47-19-7-9-22-50(47)54-51)45-32-30-38(31-33-45)37-24-26-39(27-25-37)42-16-10-17-43(34-42)44-29-28-36-12-4-5-15-41(36)35-44/h1-35H. The van der Waals surface area contributed by atoms with Crippen molar-refractivity contribution in [3.8, 4) is 44.5 Å². The normalized spacial score (nSPS) is 11.3. The summed E-state index contributed by atoms with van der Waals surface area (Å²) >= 11 is 0. The maximum Gasteiger partial charge on any atom is 0.137 e. The third-order valence-electron chi connectivity index (χ3n) is 10.5. The molecule has 0 fully saturated rings. The zero-order valence-electron chi connectivity index (χ0n) is 29.6. The molecule has 10 rings (SSSR count). The maximum absolute atomic E-state index is 6.37. The molecule has 0 saturated heterocycles. The fourth-order valence-corrected chi connectivity index (χ4v) is 7.79. The number of fused-ring (bicyclic) bond motifs is 4. The maximum atomic E-state index is 6.37. The molecular formula is C52H35NO. The minimum Gasteiger partial charge on any atom is -0.456 e. The minimum atomic E-state index is 0.871. The van der Waals surface area contributed by atoms with E-state index in [-0.39, 0.29) is 0 Å². The molecule has 0 amide bonds. The van der Waals surface area contributed by atoms with Crippen molar-refractivity contribution in [2.75, 3.05) is 4.90 Å². The van der Waals surface area contributed by atoms with Crippen LogP contribution >= 0.6 is 0 Å². The Morgan fingerprint density at radius 2 is 0.852 bits per heavy atom. The Kier molecular flexibility index (Phi) is 7.85. The Bertz CT molecular complexity index is 2920. The highest BCUT2D eigenvalue weighted by Crippen LogP contribution is 2.46. The van der Waals surface area contributed by atoms with Gasteiger partial charge in [-0.2, -0.15) is 0 Å². The number of hydrogen-bond acceptors (Lipinski definition) is 2. The van der Waals surface area contributed by atoms with Crippen LogP contribution in [0, 0.1) is 0 Å². The fraction of sp³-hybridized carbons (Fsp3) is 0. The lowest BCUT2D eigenvalue weighted by atomic mass is 9.96. The summed E-state index contributed by atoms with van der Waals surface area (Å²) in [5.74, 6) is 0. The van der Waals surface area contributed by atoms with Gasteiger partial charge in [-0.05, 0) is 98.2 Å². The summed E-state index contributed by atoms with van der Waals surface area (Å²) in [5, 5.41) is 4.71. The average molecular weight is 690 g/mol. The van der Waals surface area contributed by atoms with Crippen molar-refractivity contribution >= 4 is 49.8 Å². The van der Waals surface area contributed by atoms with Crippen molar-refractivity contribution in [3.05, 3.63) is 212 Å². The number of anilines is 3. The Balaban J connectivity index is 1.02. The van der Waals surface area contributed by atoms with E-state index < -0.39 is 0 Å². The van der Waals surface area contributed by atoms with E-state index in [0.29, 0.717) is 0 Å². The molecule has 0 aliphatic heterocycles. The zero-order valence-corrected chi connectivity index (χ0v) is 29.6. The third kappa shape index (κ3) is 5.71. The van der Waals surface area contributed by atoms with E-state index in [2.05, 4.69) is 205 Å². The Morgan fingerprint density at radius 1 is 0.315 bits per heavy atom. The highest BCUT2D eigenvalue weighted by Gasteiger charge is 2.21. The quantitative estimate of drug-likeness (QED) is 0.166. The predicted octanol–water partition coefficient (Wildman–Crippen LogP) is 14.9. The zero-order chi connectivity index (χ0) is 35.8. The molecule has 0 spiro atoms. The number of hydrogen-bond donors (Lipinski definition) is 0. The topological polar surface area (TPSA) is 16.4 Å². The molecule has 10 aromatic rings. The van der Waals surface area contributed by atoms with Crippen molar-refractivity contribution < 1.29 is 4.42 Å². The van der Waals surface area contributed by atoms with Crippen LogP contribution in [0.1, 0.15) is 0 Å². The third-order valence-corrected chi connectivity index (χ3v) is 10.5. The van der Waals surface area contributed by atoms with Crippen molar-refractivity contribution in [2.45, 2.75) is 0 Å². The van der Waals surface area contributed by atoms with Crippen LogP contribution in [0.2, 0.25) is 0 Å². The van der Waals surface area contributed by atoms with Crippen LogP contribution < -0.4 is 4.90 Å². The number of benzene rings is 9. The molecule has 9 aromatic carbocycles. The van der Waals surface area contributed by atoms with Crippen molar-refractivity contribution in [3.63, 3.8) is 0 Å². The van der Waals surface area contributed by atoms with E-state index in [1.54, 1.807) is 0 Å². The molecule has 254 valence electrons. The van der Waals surface area contributed by atoms with Gasteiger partial charge >= 0.3 is 0 Å². The van der Waals surface area contributed by atoms with Gasteiger partial charge in [-0.3, -0.25) is 0 Å². The summed E-state index contributed by atoms with van der Waals surface area (Å²) in [4.78, 5) is 2.38. The summed E-state index contributed by atoms with van der Waals surface area (Å²) in [6.07, 6.45) is 0. The first-order valence-electron chi connectivity index (χ1n) is 18.4. The highest BCUT2D eigenvalue weighted by molar-refractivity contribution is 6.13. The molecule has 2 nitrogen and oxygen atoms in total. The van der Waals surface area contributed by atoms with Gasteiger partial charge < -0.3 is 9.32 Å². The first kappa shape index (κ1) is 31.6. The van der Waals surface area contributed by atoms with Gasteiger partial charge in [0.25, 0.3) is 0 Å². The SMILES string of the molecule is c1ccc(-c2ccccc2N(c2ccc(-c3ccc(-c4cccc(-c5ccc6ccccc6c5)c4)cc3)cc2)c2cccc3oc4ccccc4c23)cc1. The van der Waals surface area contributed by atoms with E-state index in [1.165, 1.54) is 49.7 Å². The number of furan rings is 1. The molecule has 0 bridgehead atoms. The van der Waals surface area contributed by atoms with Crippen LogP contribution in [0.5, 0.6) is 0 Å². The van der Waals surface area contributed by atoms with Crippen molar-refractivity contribution in [2.24, 2.45) is 0 Å². The summed E-state index contributed by atoms with van der Waals surface area (Å²) in [5.41, 5.74) is 14.5. The van der Waals surface area contributed by atoms with E-state index in [1.807, 2.05) is 12.1 Å². The lowest BCUT2D eigenvalue weighted by Crippen LogP contribution is -2.11. The van der Waals surface area contributed by atoms with Gasteiger partial charge in [-0.1, -0.05) is 164 Å². The van der Waals surface area contributed by atoms with Crippen LogP contribution in [0.25, 0.3) is 77.2 Å². The Hall–Kier alpha value is -7.16. The number of nitrogens with zero attached hydrogens (tertiary/aromatic N) is 1. The van der Waals surface area contributed by atoms with E-state index in [9.17, 15) is 0 Å². The smallest absolute Gasteiger partial charge is 0.137 e. The van der Waals surface area contributed by atoms with Gasteiger partial charge in [0.15, 0.2) is 0 Å². The summed E-state index contributed by atoms with van der Waals surface area (Å²) in [7, 11) is 0. The highest BCUT2D eigenvalue weighted by atomic mass is 16.3. The predicted molar refractivity (Wildman–Crippen MR) is 228 cm³/mol. The summed E-state index contributed by atoms with van der Waals surface area (Å²) in [6, 6.07) is 75.9. The summed E-state index contributed by atoms with van der Waals surface area (Å²) < 4.78 is 6.37. The Labute approximate surface area is 314 Å². The molecule has 0 atom stereocenters. The molecule has 0 N–H and O–H groups in total. The van der Waals surface area contributed by atoms with Crippen LogP contribution in [0.15, 0.2) is 217 Å². The molecule has 1 aromatic heterocycles. The van der Waals surface area contributed by atoms with E-state index >= 15 is 0 Å². The Morgan fingerprint density at radius 3 is 1.67 bits per heavy atom. The van der Waals surface area contributed by atoms with Gasteiger partial charge in [-0.25, -0.2) is 0 Å². The molecule has 0 saturated carbocycles. The molecule has 0 aliphatic carbocycles. The molecule has 0 radical (unpaired) electrons. The lowest BCUT2D eigenvalue weighted by molar-refractivity contribution is 0.669. The van der Waals surface area contributed by atoms with Gasteiger partial charge in [-0.15, -0.1) is 0 Å². The molecule has 0 aliphatic rings. The van der Waals surface area contributed by atoms with Crippen LogP contribution in [0.4, 0.5) is 17.1 Å². The molecule has 54 heavy (non-hydrogen) atoms. The van der Waals surface area contributed by atoms with Crippen LogP contribution in [-0.2, 0) is 0 Å². The molecule has 1 heterocycles. The van der Waals surface area contributed by atoms with Crippen LogP contribution in [0.3, 0.4) is 0 Å². The second-order valence-electron chi connectivity index (χ2n) is 13.7. The second kappa shape index (κ2) is 13.4. The van der Waals surface area contributed by atoms with Crippen LogP contribution in [-0.4, -0.2) is 0 Å². The van der Waals surface area contributed by atoms with Gasteiger partial charge in [0.2, 0.25) is 0 Å². The van der Waals surface area contributed by atoms with E-state index in [4.69, 9.17) is 4.42 Å². The number of para-hydroxylation sites is 2. The van der Waals surface area contributed by atoms with Gasteiger partial charge in [0.05, 0.1) is 16.8 Å². The largest absolute Gasteiger partial charge is 0.456 e. The molecular weight excluding hydrogens is 655 g/mol. The first-order chi connectivity index (χ1) is 26.8. The number of rotatable bonds is 7.